The topological polar surface area (TPSA) is 97.3 Å². The SMILES string of the molecule is CS(=O)(=O)N(CC(=O)N/N=C/c1ccc2c(c1)OCO2)c1ccccc1Br. The zero-order valence-electron chi connectivity index (χ0n) is 14.3. The van der Waals surface area contributed by atoms with Gasteiger partial charge in [-0.3, -0.25) is 9.10 Å². The molecule has 0 atom stereocenters. The number of para-hydroxylation sites is 1. The Morgan fingerprint density at radius 2 is 2.00 bits per heavy atom. The molecule has 0 unspecified atom stereocenters. The number of hydrogen-bond donors (Lipinski definition) is 1. The van der Waals surface area contributed by atoms with Gasteiger partial charge >= 0.3 is 0 Å². The number of nitrogens with one attached hydrogen (secondary N) is 1. The van der Waals surface area contributed by atoms with Crippen LogP contribution in [0.4, 0.5) is 5.69 Å². The second-order valence-corrected chi connectivity index (χ2v) is 8.39. The number of carbonyl (C=O) groups is 1. The number of ether oxygens (including phenoxy) is 2. The van der Waals surface area contributed by atoms with Crippen molar-refractivity contribution in [2.24, 2.45) is 5.10 Å². The Labute approximate surface area is 164 Å². The van der Waals surface area contributed by atoms with E-state index >= 15 is 0 Å². The summed E-state index contributed by atoms with van der Waals surface area (Å²) in [6, 6.07) is 12.0. The van der Waals surface area contributed by atoms with Gasteiger partial charge in [0.1, 0.15) is 6.54 Å². The van der Waals surface area contributed by atoms with E-state index in [2.05, 4.69) is 26.5 Å². The number of fused-ring (bicyclic) bond motifs is 1. The maximum atomic E-state index is 12.2. The molecule has 10 heteroatoms. The monoisotopic (exact) mass is 453 g/mol. The second-order valence-electron chi connectivity index (χ2n) is 5.63. The van der Waals surface area contributed by atoms with E-state index in [4.69, 9.17) is 9.47 Å². The minimum atomic E-state index is -3.66. The molecular weight excluding hydrogens is 438 g/mol. The van der Waals surface area contributed by atoms with Crippen LogP contribution in [0.3, 0.4) is 0 Å². The molecule has 1 amide bonds. The fourth-order valence-electron chi connectivity index (χ4n) is 2.37. The molecule has 0 saturated carbocycles. The molecule has 27 heavy (non-hydrogen) atoms. The zero-order valence-corrected chi connectivity index (χ0v) is 16.7. The van der Waals surface area contributed by atoms with Crippen molar-refractivity contribution in [3.63, 3.8) is 0 Å². The van der Waals surface area contributed by atoms with Gasteiger partial charge in [0.05, 0.1) is 18.2 Å². The van der Waals surface area contributed by atoms with Crippen LogP contribution in [0.5, 0.6) is 11.5 Å². The Balaban J connectivity index is 1.67. The van der Waals surface area contributed by atoms with Gasteiger partial charge in [0.15, 0.2) is 11.5 Å². The van der Waals surface area contributed by atoms with Crippen molar-refractivity contribution in [1.82, 2.24) is 5.43 Å². The normalized spacial score (nSPS) is 13.0. The predicted molar refractivity (Wildman–Crippen MR) is 105 cm³/mol. The van der Waals surface area contributed by atoms with Crippen molar-refractivity contribution >= 4 is 43.8 Å². The highest BCUT2D eigenvalue weighted by Crippen LogP contribution is 2.32. The zero-order chi connectivity index (χ0) is 19.4. The molecule has 3 rings (SSSR count). The van der Waals surface area contributed by atoms with Crippen LogP contribution in [0.1, 0.15) is 5.56 Å². The van der Waals surface area contributed by atoms with E-state index in [1.807, 2.05) is 0 Å². The first-order valence-corrected chi connectivity index (χ1v) is 10.4. The summed E-state index contributed by atoms with van der Waals surface area (Å²) in [4.78, 5) is 12.2. The Bertz CT molecular complexity index is 994. The van der Waals surface area contributed by atoms with Gasteiger partial charge < -0.3 is 9.47 Å². The third-order valence-electron chi connectivity index (χ3n) is 3.61. The molecule has 1 aliphatic rings. The summed E-state index contributed by atoms with van der Waals surface area (Å²) in [6.07, 6.45) is 2.47. The number of hydrazone groups is 1. The van der Waals surface area contributed by atoms with Crippen LogP contribution in [0.15, 0.2) is 52.0 Å². The first-order valence-electron chi connectivity index (χ1n) is 7.78. The average Bonchev–Trinajstić information content (AvgIpc) is 3.07. The van der Waals surface area contributed by atoms with E-state index in [0.29, 0.717) is 27.2 Å². The van der Waals surface area contributed by atoms with Crippen molar-refractivity contribution in [1.29, 1.82) is 0 Å². The number of halogens is 1. The predicted octanol–water partition coefficient (Wildman–Crippen LogP) is 2.09. The lowest BCUT2D eigenvalue weighted by atomic mass is 10.2. The highest BCUT2D eigenvalue weighted by molar-refractivity contribution is 9.10. The minimum absolute atomic E-state index is 0.170. The van der Waals surface area contributed by atoms with Crippen molar-refractivity contribution in [3.8, 4) is 11.5 Å². The summed E-state index contributed by atoms with van der Waals surface area (Å²) in [5.41, 5.74) is 3.40. The molecule has 1 N–H and O–H groups in total. The van der Waals surface area contributed by atoms with Crippen LogP contribution in [0, 0.1) is 0 Å². The molecule has 1 aliphatic heterocycles. The van der Waals surface area contributed by atoms with E-state index in [9.17, 15) is 13.2 Å². The third kappa shape index (κ3) is 4.77. The first-order chi connectivity index (χ1) is 12.8. The average molecular weight is 454 g/mol. The molecule has 0 saturated heterocycles. The summed E-state index contributed by atoms with van der Waals surface area (Å²) in [5.74, 6) is 0.670. The molecule has 2 aromatic rings. The van der Waals surface area contributed by atoms with Crippen LogP contribution in [-0.2, 0) is 14.8 Å². The number of sulfonamides is 1. The Morgan fingerprint density at radius 3 is 2.74 bits per heavy atom. The first kappa shape index (κ1) is 19.2. The van der Waals surface area contributed by atoms with Crippen LogP contribution in [-0.4, -0.2) is 40.1 Å². The Hall–Kier alpha value is -2.59. The second kappa shape index (κ2) is 7.97. The number of rotatable bonds is 6. The maximum absolute atomic E-state index is 12.2. The number of benzene rings is 2. The van der Waals surface area contributed by atoms with Gasteiger partial charge in [-0.1, -0.05) is 12.1 Å². The summed E-state index contributed by atoms with van der Waals surface area (Å²) in [7, 11) is -3.66. The maximum Gasteiger partial charge on any atom is 0.260 e. The van der Waals surface area contributed by atoms with E-state index in [-0.39, 0.29) is 6.79 Å². The smallest absolute Gasteiger partial charge is 0.260 e. The Morgan fingerprint density at radius 1 is 1.26 bits per heavy atom. The minimum Gasteiger partial charge on any atom is -0.454 e. The van der Waals surface area contributed by atoms with Gasteiger partial charge in [0.25, 0.3) is 5.91 Å². The fourth-order valence-corrected chi connectivity index (χ4v) is 3.86. The van der Waals surface area contributed by atoms with E-state index in [1.54, 1.807) is 42.5 Å². The number of anilines is 1. The standard InChI is InChI=1S/C17H16BrN3O5S/c1-27(23,24)21(14-5-3-2-4-13(14)18)10-17(22)20-19-9-12-6-7-15-16(8-12)26-11-25-15/h2-9H,10-11H2,1H3,(H,20,22)/b19-9+. The fraction of sp³-hybridized carbons (Fsp3) is 0.176. The molecular formula is C17H16BrN3O5S. The number of carbonyl (C=O) groups excluding carboxylic acids is 1. The van der Waals surface area contributed by atoms with Gasteiger partial charge in [-0.05, 0) is 51.8 Å². The van der Waals surface area contributed by atoms with Crippen LogP contribution in [0.2, 0.25) is 0 Å². The van der Waals surface area contributed by atoms with Gasteiger partial charge in [-0.25, -0.2) is 13.8 Å². The number of nitrogens with zero attached hydrogens (tertiary/aromatic N) is 2. The number of amides is 1. The third-order valence-corrected chi connectivity index (χ3v) is 5.41. The van der Waals surface area contributed by atoms with E-state index in [1.165, 1.54) is 6.21 Å². The highest BCUT2D eigenvalue weighted by atomic mass is 79.9. The summed E-state index contributed by atoms with van der Waals surface area (Å²) in [5, 5.41) is 3.86. The van der Waals surface area contributed by atoms with E-state index in [0.717, 1.165) is 10.6 Å². The molecule has 0 fully saturated rings. The summed E-state index contributed by atoms with van der Waals surface area (Å²) < 4.78 is 36.2. The van der Waals surface area contributed by atoms with Crippen molar-refractivity contribution < 1.29 is 22.7 Å². The van der Waals surface area contributed by atoms with Gasteiger partial charge in [-0.2, -0.15) is 5.10 Å². The highest BCUT2D eigenvalue weighted by Gasteiger charge is 2.22. The molecule has 0 aromatic heterocycles. The van der Waals surface area contributed by atoms with Crippen molar-refractivity contribution in [2.45, 2.75) is 0 Å². The Kier molecular flexibility index (Phi) is 5.66. The molecule has 0 spiro atoms. The molecule has 2 aromatic carbocycles. The lowest BCUT2D eigenvalue weighted by molar-refractivity contribution is -0.119. The van der Waals surface area contributed by atoms with Gasteiger partial charge in [-0.15, -0.1) is 0 Å². The largest absolute Gasteiger partial charge is 0.454 e. The molecule has 142 valence electrons. The van der Waals surface area contributed by atoms with E-state index < -0.39 is 22.5 Å². The lowest BCUT2D eigenvalue weighted by Gasteiger charge is -2.22. The van der Waals surface area contributed by atoms with Crippen LogP contribution < -0.4 is 19.2 Å². The number of hydrogen-bond acceptors (Lipinski definition) is 6. The molecule has 0 bridgehead atoms. The molecule has 0 radical (unpaired) electrons. The molecule has 0 aliphatic carbocycles. The van der Waals surface area contributed by atoms with Gasteiger partial charge in [0.2, 0.25) is 16.8 Å². The molecule has 8 nitrogen and oxygen atoms in total. The summed E-state index contributed by atoms with van der Waals surface area (Å²) in [6.45, 7) is -0.233. The van der Waals surface area contributed by atoms with Crippen molar-refractivity contribution in [3.05, 3.63) is 52.5 Å². The van der Waals surface area contributed by atoms with Crippen LogP contribution in [0.25, 0.3) is 0 Å². The lowest BCUT2D eigenvalue weighted by Crippen LogP contribution is -2.39. The molecule has 1 heterocycles. The quantitative estimate of drug-likeness (QED) is 0.533. The summed E-state index contributed by atoms with van der Waals surface area (Å²) >= 11 is 3.30. The van der Waals surface area contributed by atoms with Gasteiger partial charge in [0, 0.05) is 4.47 Å². The van der Waals surface area contributed by atoms with Crippen molar-refractivity contribution in [2.75, 3.05) is 23.9 Å². The van der Waals surface area contributed by atoms with Crippen LogP contribution >= 0.6 is 15.9 Å².